The molecule has 1 amide bonds. The van der Waals surface area contributed by atoms with Crippen molar-refractivity contribution < 1.29 is 18.3 Å². The van der Waals surface area contributed by atoms with E-state index in [0.717, 1.165) is 0 Å². The zero-order valence-electron chi connectivity index (χ0n) is 12.1. The molecule has 0 unspecified atom stereocenters. The first-order chi connectivity index (χ1) is 11.0. The number of aromatic nitrogens is 1. The summed E-state index contributed by atoms with van der Waals surface area (Å²) in [6, 6.07) is 9.31. The monoisotopic (exact) mass is 333 g/mol. The van der Waals surface area contributed by atoms with Crippen molar-refractivity contribution in [1.82, 2.24) is 4.98 Å². The Labute approximate surface area is 133 Å². The zero-order chi connectivity index (χ0) is 16.4. The fourth-order valence-electron chi connectivity index (χ4n) is 2.40. The Balaban J connectivity index is 1.85. The second-order valence-electron chi connectivity index (χ2n) is 5.12. The quantitative estimate of drug-likeness (QED) is 0.888. The van der Waals surface area contributed by atoms with Crippen LogP contribution < -0.4 is 9.62 Å². The molecule has 7 nitrogen and oxygen atoms in total. The SMILES string of the molecule is O=C(Nc1ncccc1O)c1cccc(N2CCCS2(=O)=O)c1. The van der Waals surface area contributed by atoms with E-state index >= 15 is 0 Å². The third-order valence-corrected chi connectivity index (χ3v) is 5.38. The van der Waals surface area contributed by atoms with Gasteiger partial charge in [0.2, 0.25) is 10.0 Å². The van der Waals surface area contributed by atoms with Gasteiger partial charge in [0, 0.05) is 18.3 Å². The van der Waals surface area contributed by atoms with Gasteiger partial charge in [0.1, 0.15) is 0 Å². The summed E-state index contributed by atoms with van der Waals surface area (Å²) in [5.41, 5.74) is 0.745. The van der Waals surface area contributed by atoms with E-state index < -0.39 is 15.9 Å². The van der Waals surface area contributed by atoms with Gasteiger partial charge in [-0.15, -0.1) is 0 Å². The van der Waals surface area contributed by atoms with Crippen LogP contribution in [0.1, 0.15) is 16.8 Å². The Morgan fingerprint density at radius 3 is 2.78 bits per heavy atom. The molecule has 23 heavy (non-hydrogen) atoms. The average Bonchev–Trinajstić information content (AvgIpc) is 2.89. The molecule has 1 saturated heterocycles. The molecule has 120 valence electrons. The van der Waals surface area contributed by atoms with Crippen LogP contribution >= 0.6 is 0 Å². The van der Waals surface area contributed by atoms with Crippen LogP contribution in [0, 0.1) is 0 Å². The van der Waals surface area contributed by atoms with E-state index in [1.165, 1.54) is 22.6 Å². The van der Waals surface area contributed by atoms with Crippen molar-refractivity contribution in [3.05, 3.63) is 48.2 Å². The third-order valence-electron chi connectivity index (χ3n) is 3.51. The summed E-state index contributed by atoms with van der Waals surface area (Å²) in [6.07, 6.45) is 2.02. The minimum atomic E-state index is -3.30. The molecular formula is C15H15N3O4S. The maximum Gasteiger partial charge on any atom is 0.256 e. The number of nitrogens with one attached hydrogen (secondary N) is 1. The Kier molecular flexibility index (Phi) is 3.91. The largest absolute Gasteiger partial charge is 0.504 e. The Morgan fingerprint density at radius 2 is 2.09 bits per heavy atom. The van der Waals surface area contributed by atoms with E-state index in [1.54, 1.807) is 24.3 Å². The number of hydrogen-bond donors (Lipinski definition) is 2. The summed E-state index contributed by atoms with van der Waals surface area (Å²) >= 11 is 0. The summed E-state index contributed by atoms with van der Waals surface area (Å²) in [4.78, 5) is 16.1. The Morgan fingerprint density at radius 1 is 1.26 bits per heavy atom. The normalized spacial score (nSPS) is 16.3. The number of rotatable bonds is 3. The van der Waals surface area contributed by atoms with Gasteiger partial charge in [-0.25, -0.2) is 13.4 Å². The fourth-order valence-corrected chi connectivity index (χ4v) is 3.96. The van der Waals surface area contributed by atoms with Crippen LogP contribution in [-0.4, -0.2) is 36.7 Å². The van der Waals surface area contributed by atoms with Crippen molar-refractivity contribution in [2.75, 3.05) is 21.9 Å². The van der Waals surface area contributed by atoms with E-state index in [1.807, 2.05) is 0 Å². The molecule has 0 radical (unpaired) electrons. The molecule has 2 aromatic rings. The highest BCUT2D eigenvalue weighted by molar-refractivity contribution is 7.93. The van der Waals surface area contributed by atoms with E-state index in [0.29, 0.717) is 18.7 Å². The van der Waals surface area contributed by atoms with Crippen molar-refractivity contribution in [3.63, 3.8) is 0 Å². The van der Waals surface area contributed by atoms with Gasteiger partial charge in [0.05, 0.1) is 11.4 Å². The first kappa shape index (κ1) is 15.3. The Hall–Kier alpha value is -2.61. The molecule has 0 bridgehead atoms. The maximum atomic E-state index is 12.3. The van der Waals surface area contributed by atoms with Crippen molar-refractivity contribution in [1.29, 1.82) is 0 Å². The van der Waals surface area contributed by atoms with E-state index in [4.69, 9.17) is 0 Å². The van der Waals surface area contributed by atoms with Gasteiger partial charge in [0.25, 0.3) is 5.91 Å². The molecular weight excluding hydrogens is 318 g/mol. The summed E-state index contributed by atoms with van der Waals surface area (Å²) in [6.45, 7) is 0.411. The predicted octanol–water partition coefficient (Wildman–Crippen LogP) is 1.58. The van der Waals surface area contributed by atoms with Gasteiger partial charge in [-0.2, -0.15) is 0 Å². The predicted molar refractivity (Wildman–Crippen MR) is 86.0 cm³/mol. The van der Waals surface area contributed by atoms with Crippen LogP contribution in [0.25, 0.3) is 0 Å². The van der Waals surface area contributed by atoms with Crippen LogP contribution in [0.5, 0.6) is 5.75 Å². The van der Waals surface area contributed by atoms with E-state index in [2.05, 4.69) is 10.3 Å². The number of benzene rings is 1. The lowest BCUT2D eigenvalue weighted by molar-refractivity contribution is 0.102. The van der Waals surface area contributed by atoms with Gasteiger partial charge in [-0.3, -0.25) is 9.10 Å². The van der Waals surface area contributed by atoms with Crippen LogP contribution in [0.3, 0.4) is 0 Å². The van der Waals surface area contributed by atoms with Crippen LogP contribution in [0.4, 0.5) is 11.5 Å². The lowest BCUT2D eigenvalue weighted by atomic mass is 10.2. The molecule has 8 heteroatoms. The molecule has 0 spiro atoms. The minimum absolute atomic E-state index is 0.0525. The molecule has 2 N–H and O–H groups in total. The number of anilines is 2. The molecule has 1 aliphatic rings. The Bertz CT molecular complexity index is 851. The summed E-state index contributed by atoms with van der Waals surface area (Å²) in [7, 11) is -3.30. The molecule has 1 aromatic carbocycles. The van der Waals surface area contributed by atoms with Gasteiger partial charge >= 0.3 is 0 Å². The molecule has 1 fully saturated rings. The summed E-state index contributed by atoms with van der Waals surface area (Å²) in [5.74, 6) is -0.445. The molecule has 0 atom stereocenters. The van der Waals surface area contributed by atoms with Gasteiger partial charge in [-0.1, -0.05) is 6.07 Å². The molecule has 0 aliphatic carbocycles. The number of amides is 1. The van der Waals surface area contributed by atoms with Crippen LogP contribution in [0.15, 0.2) is 42.6 Å². The highest BCUT2D eigenvalue weighted by atomic mass is 32.2. The van der Waals surface area contributed by atoms with Gasteiger partial charge in [0.15, 0.2) is 11.6 Å². The molecule has 1 aliphatic heterocycles. The van der Waals surface area contributed by atoms with Crippen molar-refractivity contribution in [2.24, 2.45) is 0 Å². The number of sulfonamides is 1. The maximum absolute atomic E-state index is 12.3. The van der Waals surface area contributed by atoms with Gasteiger partial charge < -0.3 is 10.4 Å². The topological polar surface area (TPSA) is 99.6 Å². The summed E-state index contributed by atoms with van der Waals surface area (Å²) in [5, 5.41) is 12.1. The van der Waals surface area contributed by atoms with Gasteiger partial charge in [-0.05, 0) is 36.8 Å². The second-order valence-corrected chi connectivity index (χ2v) is 7.13. The van der Waals surface area contributed by atoms with E-state index in [9.17, 15) is 18.3 Å². The number of hydrogen-bond acceptors (Lipinski definition) is 5. The van der Waals surface area contributed by atoms with E-state index in [-0.39, 0.29) is 22.9 Å². The molecule has 2 heterocycles. The fraction of sp³-hybridized carbons (Fsp3) is 0.200. The third kappa shape index (κ3) is 3.11. The number of aromatic hydroxyl groups is 1. The average molecular weight is 333 g/mol. The number of nitrogens with zero attached hydrogens (tertiary/aromatic N) is 2. The first-order valence-electron chi connectivity index (χ1n) is 7.03. The number of carbonyl (C=O) groups is 1. The highest BCUT2D eigenvalue weighted by Crippen LogP contribution is 2.25. The van der Waals surface area contributed by atoms with Crippen LogP contribution in [-0.2, 0) is 10.0 Å². The van der Waals surface area contributed by atoms with Crippen molar-refractivity contribution in [2.45, 2.75) is 6.42 Å². The van der Waals surface area contributed by atoms with Crippen molar-refractivity contribution >= 4 is 27.4 Å². The molecule has 1 aromatic heterocycles. The highest BCUT2D eigenvalue weighted by Gasteiger charge is 2.28. The smallest absolute Gasteiger partial charge is 0.256 e. The van der Waals surface area contributed by atoms with Crippen molar-refractivity contribution in [3.8, 4) is 5.75 Å². The molecule has 0 saturated carbocycles. The zero-order valence-corrected chi connectivity index (χ0v) is 13.0. The standard InChI is InChI=1S/C15H15N3O4S/c19-13-6-2-7-16-14(13)17-15(20)11-4-1-5-12(10-11)18-8-3-9-23(18,21)22/h1-2,4-7,10,19H,3,8-9H2,(H,16,17,20). The lowest BCUT2D eigenvalue weighted by Gasteiger charge is -2.17. The number of carbonyl (C=O) groups excluding carboxylic acids is 1. The minimum Gasteiger partial charge on any atom is -0.504 e. The molecule has 3 rings (SSSR count). The summed E-state index contributed by atoms with van der Waals surface area (Å²) < 4.78 is 25.2. The second kappa shape index (κ2) is 5.88. The lowest BCUT2D eigenvalue weighted by Crippen LogP contribution is -2.25. The first-order valence-corrected chi connectivity index (χ1v) is 8.64. The van der Waals surface area contributed by atoms with Crippen LogP contribution in [0.2, 0.25) is 0 Å². The number of pyridine rings is 1.